The second-order valence-corrected chi connectivity index (χ2v) is 8.80. The van der Waals surface area contributed by atoms with Crippen LogP contribution < -0.4 is 14.4 Å². The fourth-order valence-corrected chi connectivity index (χ4v) is 3.99. The van der Waals surface area contributed by atoms with E-state index in [1.807, 2.05) is 0 Å². The van der Waals surface area contributed by atoms with Gasteiger partial charge < -0.3 is 10.1 Å². The number of nitrogens with zero attached hydrogens (tertiary/aromatic N) is 2. The van der Waals surface area contributed by atoms with Crippen molar-refractivity contribution in [2.45, 2.75) is 17.9 Å². The van der Waals surface area contributed by atoms with Crippen LogP contribution in [0.25, 0.3) is 0 Å². The number of carbonyl (C=O) groups is 1. The van der Waals surface area contributed by atoms with Crippen molar-refractivity contribution in [1.82, 2.24) is 0 Å². The largest absolute Gasteiger partial charge is 0.481 e. The molecule has 0 bridgehead atoms. The molecule has 9 nitrogen and oxygen atoms in total. The molecule has 3 rings (SSSR count). The molecule has 0 saturated carbocycles. The van der Waals surface area contributed by atoms with Gasteiger partial charge >= 0.3 is 0 Å². The molecule has 3 aromatic carbocycles. The quantitative estimate of drug-likeness (QED) is 0.407. The van der Waals surface area contributed by atoms with E-state index in [1.54, 1.807) is 30.3 Å². The summed E-state index contributed by atoms with van der Waals surface area (Å²) in [6.07, 6.45) is -0.885. The molecule has 1 N–H and O–H groups in total. The SMILES string of the molecule is CC(Oc1ccc([N+](=O)[O-])cc1)C(=O)Nc1ccc(S(=O)(=O)N(C)c2ccccc2)cc1. The smallest absolute Gasteiger partial charge is 0.269 e. The van der Waals surface area contributed by atoms with Crippen molar-refractivity contribution in [2.24, 2.45) is 0 Å². The fraction of sp³-hybridized carbons (Fsp3) is 0.136. The Kier molecular flexibility index (Phi) is 6.74. The number of nitro benzene ring substituents is 1. The highest BCUT2D eigenvalue weighted by Crippen LogP contribution is 2.23. The van der Waals surface area contributed by atoms with Crippen molar-refractivity contribution in [3.63, 3.8) is 0 Å². The molecule has 1 amide bonds. The Hall–Kier alpha value is -3.92. The van der Waals surface area contributed by atoms with Gasteiger partial charge in [0, 0.05) is 24.9 Å². The number of hydrogen-bond acceptors (Lipinski definition) is 6. The van der Waals surface area contributed by atoms with Crippen molar-refractivity contribution >= 4 is 33.0 Å². The van der Waals surface area contributed by atoms with Gasteiger partial charge in [-0.1, -0.05) is 18.2 Å². The van der Waals surface area contributed by atoms with Gasteiger partial charge in [-0.05, 0) is 55.5 Å². The minimum absolute atomic E-state index is 0.0806. The summed E-state index contributed by atoms with van der Waals surface area (Å²) < 4.78 is 32.3. The van der Waals surface area contributed by atoms with Crippen LogP contribution in [0, 0.1) is 10.1 Å². The lowest BCUT2D eigenvalue weighted by Crippen LogP contribution is -2.30. The molecule has 10 heteroatoms. The number of para-hydroxylation sites is 1. The Labute approximate surface area is 185 Å². The minimum atomic E-state index is -3.76. The predicted octanol–water partition coefficient (Wildman–Crippen LogP) is 3.83. The number of benzene rings is 3. The van der Waals surface area contributed by atoms with E-state index in [1.165, 1.54) is 66.8 Å². The predicted molar refractivity (Wildman–Crippen MR) is 120 cm³/mol. The van der Waals surface area contributed by atoms with Crippen LogP contribution in [0.3, 0.4) is 0 Å². The van der Waals surface area contributed by atoms with Crippen molar-refractivity contribution < 1.29 is 22.9 Å². The van der Waals surface area contributed by atoms with Gasteiger partial charge in [0.15, 0.2) is 6.10 Å². The van der Waals surface area contributed by atoms with Crippen LogP contribution in [0.4, 0.5) is 17.1 Å². The molecule has 0 radical (unpaired) electrons. The molecule has 0 saturated heterocycles. The Morgan fingerprint density at radius 3 is 2.16 bits per heavy atom. The van der Waals surface area contributed by atoms with E-state index < -0.39 is 27.0 Å². The van der Waals surface area contributed by atoms with E-state index in [9.17, 15) is 23.3 Å². The summed E-state index contributed by atoms with van der Waals surface area (Å²) in [6, 6.07) is 19.9. The van der Waals surface area contributed by atoms with E-state index in [0.29, 0.717) is 17.1 Å². The first kappa shape index (κ1) is 22.8. The van der Waals surface area contributed by atoms with Crippen molar-refractivity contribution in [2.75, 3.05) is 16.7 Å². The van der Waals surface area contributed by atoms with Crippen LogP contribution >= 0.6 is 0 Å². The summed E-state index contributed by atoms with van der Waals surface area (Å²) in [7, 11) is -2.29. The van der Waals surface area contributed by atoms with Crippen LogP contribution in [0.1, 0.15) is 6.92 Å². The van der Waals surface area contributed by atoms with Crippen LogP contribution in [-0.2, 0) is 14.8 Å². The standard InChI is InChI=1S/C22H21N3O6S/c1-16(31-20-12-10-19(11-13-20)25(27)28)22(26)23-17-8-14-21(15-9-17)32(29,30)24(2)18-6-4-3-5-7-18/h3-16H,1-2H3,(H,23,26). The third-order valence-corrected chi connectivity index (χ3v) is 6.43. The summed E-state index contributed by atoms with van der Waals surface area (Å²) in [5, 5.41) is 13.4. The highest BCUT2D eigenvalue weighted by molar-refractivity contribution is 7.92. The Morgan fingerprint density at radius 1 is 1.00 bits per heavy atom. The molecule has 0 heterocycles. The lowest BCUT2D eigenvalue weighted by atomic mass is 10.3. The van der Waals surface area contributed by atoms with Gasteiger partial charge in [0.2, 0.25) is 0 Å². The molecule has 32 heavy (non-hydrogen) atoms. The van der Waals surface area contributed by atoms with E-state index >= 15 is 0 Å². The summed E-state index contributed by atoms with van der Waals surface area (Å²) in [6.45, 7) is 1.53. The molecule has 1 atom stereocenters. The average Bonchev–Trinajstić information content (AvgIpc) is 2.79. The molecule has 1 unspecified atom stereocenters. The Bertz CT molecular complexity index is 1200. The molecule has 3 aromatic rings. The molecule has 0 aliphatic rings. The first-order valence-corrected chi connectivity index (χ1v) is 11.0. The molecule has 0 aromatic heterocycles. The van der Waals surface area contributed by atoms with Gasteiger partial charge in [-0.25, -0.2) is 8.42 Å². The fourth-order valence-electron chi connectivity index (χ4n) is 2.79. The maximum atomic E-state index is 12.8. The number of amides is 1. The molecule has 0 fully saturated rings. The zero-order chi connectivity index (χ0) is 23.3. The normalized spacial score (nSPS) is 11.9. The molecule has 0 aliphatic carbocycles. The van der Waals surface area contributed by atoms with Crippen LogP contribution in [0.15, 0.2) is 83.8 Å². The zero-order valence-corrected chi connectivity index (χ0v) is 18.2. The lowest BCUT2D eigenvalue weighted by molar-refractivity contribution is -0.384. The van der Waals surface area contributed by atoms with Crippen LogP contribution in [0.2, 0.25) is 0 Å². The maximum absolute atomic E-state index is 12.8. The average molecular weight is 455 g/mol. The van der Waals surface area contributed by atoms with Gasteiger partial charge in [-0.15, -0.1) is 0 Å². The number of nitrogens with one attached hydrogen (secondary N) is 1. The van der Waals surface area contributed by atoms with Gasteiger partial charge in [0.25, 0.3) is 21.6 Å². The highest BCUT2D eigenvalue weighted by Gasteiger charge is 2.21. The number of anilines is 2. The van der Waals surface area contributed by atoms with E-state index in [2.05, 4.69) is 5.32 Å². The number of nitro groups is 1. The van der Waals surface area contributed by atoms with E-state index in [0.717, 1.165) is 0 Å². The van der Waals surface area contributed by atoms with Gasteiger partial charge in [-0.2, -0.15) is 0 Å². The highest BCUT2D eigenvalue weighted by atomic mass is 32.2. The van der Waals surface area contributed by atoms with E-state index in [-0.39, 0.29) is 10.6 Å². The number of sulfonamides is 1. The minimum Gasteiger partial charge on any atom is -0.481 e. The summed E-state index contributed by atoms with van der Waals surface area (Å²) in [4.78, 5) is 22.7. The molecule has 0 aliphatic heterocycles. The van der Waals surface area contributed by atoms with Crippen molar-refractivity contribution in [3.8, 4) is 5.75 Å². The molecular formula is C22H21N3O6S. The number of non-ortho nitro benzene ring substituents is 1. The van der Waals surface area contributed by atoms with Crippen LogP contribution in [0.5, 0.6) is 5.75 Å². The zero-order valence-electron chi connectivity index (χ0n) is 17.3. The van der Waals surface area contributed by atoms with Gasteiger partial charge in [0.05, 0.1) is 15.5 Å². The molecular weight excluding hydrogens is 434 g/mol. The maximum Gasteiger partial charge on any atom is 0.269 e. The first-order chi connectivity index (χ1) is 15.2. The first-order valence-electron chi connectivity index (χ1n) is 9.54. The second kappa shape index (κ2) is 9.48. The Morgan fingerprint density at radius 2 is 1.59 bits per heavy atom. The van der Waals surface area contributed by atoms with Crippen LogP contribution in [-0.4, -0.2) is 32.4 Å². The summed E-state index contributed by atoms with van der Waals surface area (Å²) >= 11 is 0. The lowest BCUT2D eigenvalue weighted by Gasteiger charge is -2.19. The van der Waals surface area contributed by atoms with Crippen molar-refractivity contribution in [3.05, 3.63) is 89.0 Å². The van der Waals surface area contributed by atoms with Gasteiger partial charge in [0.1, 0.15) is 5.75 Å². The number of ether oxygens (including phenoxy) is 1. The summed E-state index contributed by atoms with van der Waals surface area (Å²) in [5.41, 5.74) is 0.847. The molecule has 166 valence electrons. The second-order valence-electron chi connectivity index (χ2n) is 6.83. The Balaban J connectivity index is 1.64. The third kappa shape index (κ3) is 5.22. The summed E-state index contributed by atoms with van der Waals surface area (Å²) in [5.74, 6) is -0.149. The number of hydrogen-bond donors (Lipinski definition) is 1. The third-order valence-electron chi connectivity index (χ3n) is 4.63. The van der Waals surface area contributed by atoms with E-state index in [4.69, 9.17) is 4.74 Å². The van der Waals surface area contributed by atoms with Crippen molar-refractivity contribution in [1.29, 1.82) is 0 Å². The molecule has 0 spiro atoms. The monoisotopic (exact) mass is 455 g/mol. The number of carbonyl (C=O) groups excluding carboxylic acids is 1. The van der Waals surface area contributed by atoms with Gasteiger partial charge in [-0.3, -0.25) is 19.2 Å². The topological polar surface area (TPSA) is 119 Å². The number of rotatable bonds is 8.